The van der Waals surface area contributed by atoms with Gasteiger partial charge in [-0.3, -0.25) is 4.68 Å². The maximum Gasteiger partial charge on any atom is 0.171 e. The van der Waals surface area contributed by atoms with E-state index in [9.17, 15) is 0 Å². The van der Waals surface area contributed by atoms with E-state index in [1.165, 1.54) is 0 Å². The fourth-order valence-electron chi connectivity index (χ4n) is 2.09. The molecule has 0 unspecified atom stereocenters. The van der Waals surface area contributed by atoms with Gasteiger partial charge < -0.3 is 20.1 Å². The first-order valence-corrected chi connectivity index (χ1v) is 7.20. The first-order chi connectivity index (χ1) is 10.5. The second kappa shape index (κ2) is 7.13. The van der Waals surface area contributed by atoms with Crippen molar-refractivity contribution in [2.75, 3.05) is 19.5 Å². The fourth-order valence-corrected chi connectivity index (χ4v) is 2.28. The van der Waals surface area contributed by atoms with Gasteiger partial charge in [-0.2, -0.15) is 5.10 Å². The van der Waals surface area contributed by atoms with Gasteiger partial charge in [-0.05, 0) is 31.3 Å². The molecule has 0 fully saturated rings. The molecule has 1 heterocycles. The van der Waals surface area contributed by atoms with Gasteiger partial charge in [-0.1, -0.05) is 0 Å². The molecule has 0 spiro atoms. The van der Waals surface area contributed by atoms with Crippen LogP contribution in [0.5, 0.6) is 11.5 Å². The van der Waals surface area contributed by atoms with Crippen LogP contribution in [0, 0.1) is 6.92 Å². The van der Waals surface area contributed by atoms with E-state index >= 15 is 0 Å². The minimum absolute atomic E-state index is 0.537. The number of hydrogen-bond acceptors (Lipinski definition) is 4. The Balaban J connectivity index is 1.96. The van der Waals surface area contributed by atoms with E-state index in [0.29, 0.717) is 23.2 Å². The SMILES string of the molecule is COc1ccc(NC(=S)NCc2cn(C)nc2C)cc1OC. The van der Waals surface area contributed by atoms with Crippen molar-refractivity contribution < 1.29 is 9.47 Å². The lowest BCUT2D eigenvalue weighted by Crippen LogP contribution is -2.28. The number of anilines is 1. The Bertz CT molecular complexity index is 670. The number of benzene rings is 1. The van der Waals surface area contributed by atoms with Crippen LogP contribution in [0.15, 0.2) is 24.4 Å². The van der Waals surface area contributed by atoms with E-state index in [1.807, 2.05) is 38.4 Å². The molecule has 0 saturated heterocycles. The van der Waals surface area contributed by atoms with Crippen molar-refractivity contribution >= 4 is 23.0 Å². The Morgan fingerprint density at radius 3 is 2.59 bits per heavy atom. The monoisotopic (exact) mass is 320 g/mol. The fraction of sp³-hybridized carbons (Fsp3) is 0.333. The van der Waals surface area contributed by atoms with Crippen molar-refractivity contribution in [3.05, 3.63) is 35.7 Å². The number of nitrogens with zero attached hydrogens (tertiary/aromatic N) is 2. The number of rotatable bonds is 5. The summed E-state index contributed by atoms with van der Waals surface area (Å²) in [6, 6.07) is 5.54. The highest BCUT2D eigenvalue weighted by Crippen LogP contribution is 2.29. The van der Waals surface area contributed by atoms with Gasteiger partial charge in [-0.15, -0.1) is 0 Å². The quantitative estimate of drug-likeness (QED) is 0.824. The topological polar surface area (TPSA) is 60.3 Å². The van der Waals surface area contributed by atoms with E-state index < -0.39 is 0 Å². The van der Waals surface area contributed by atoms with Gasteiger partial charge in [0.2, 0.25) is 0 Å². The molecule has 2 N–H and O–H groups in total. The molecular formula is C15H20N4O2S. The molecular weight excluding hydrogens is 300 g/mol. The first-order valence-electron chi connectivity index (χ1n) is 6.79. The number of hydrogen-bond donors (Lipinski definition) is 2. The summed E-state index contributed by atoms with van der Waals surface area (Å²) in [6.45, 7) is 2.60. The van der Waals surface area contributed by atoms with Crippen molar-refractivity contribution in [1.29, 1.82) is 0 Å². The summed E-state index contributed by atoms with van der Waals surface area (Å²) in [5.41, 5.74) is 2.93. The Morgan fingerprint density at radius 1 is 1.27 bits per heavy atom. The molecule has 2 aromatic rings. The average molecular weight is 320 g/mol. The average Bonchev–Trinajstić information content (AvgIpc) is 2.82. The van der Waals surface area contributed by atoms with Crippen LogP contribution >= 0.6 is 12.2 Å². The first kappa shape index (κ1) is 16.1. The molecule has 0 atom stereocenters. The molecule has 1 aromatic carbocycles. The number of nitrogens with one attached hydrogen (secondary N) is 2. The number of aromatic nitrogens is 2. The maximum absolute atomic E-state index is 5.30. The summed E-state index contributed by atoms with van der Waals surface area (Å²) in [4.78, 5) is 0. The molecule has 0 saturated carbocycles. The van der Waals surface area contributed by atoms with E-state index in [2.05, 4.69) is 15.7 Å². The molecule has 0 radical (unpaired) electrons. The zero-order valence-electron chi connectivity index (χ0n) is 13.1. The van der Waals surface area contributed by atoms with E-state index in [0.717, 1.165) is 16.9 Å². The van der Waals surface area contributed by atoms with Crippen molar-refractivity contribution in [2.45, 2.75) is 13.5 Å². The Hall–Kier alpha value is -2.28. The Kier molecular flexibility index (Phi) is 5.21. The van der Waals surface area contributed by atoms with Crippen LogP contribution < -0.4 is 20.1 Å². The molecule has 0 aliphatic rings. The van der Waals surface area contributed by atoms with Crippen LogP contribution in [-0.2, 0) is 13.6 Å². The van der Waals surface area contributed by atoms with E-state index in [-0.39, 0.29) is 0 Å². The number of thiocarbonyl (C=S) groups is 1. The smallest absolute Gasteiger partial charge is 0.171 e. The predicted molar refractivity (Wildman–Crippen MR) is 90.6 cm³/mol. The van der Waals surface area contributed by atoms with Crippen LogP contribution in [0.4, 0.5) is 5.69 Å². The summed E-state index contributed by atoms with van der Waals surface area (Å²) >= 11 is 5.30. The van der Waals surface area contributed by atoms with Gasteiger partial charge >= 0.3 is 0 Å². The van der Waals surface area contributed by atoms with Gasteiger partial charge in [0.15, 0.2) is 16.6 Å². The van der Waals surface area contributed by atoms with Crippen molar-refractivity contribution in [3.63, 3.8) is 0 Å². The van der Waals surface area contributed by atoms with Gasteiger partial charge in [0, 0.05) is 37.1 Å². The summed E-state index contributed by atoms with van der Waals surface area (Å²) in [6.07, 6.45) is 1.97. The van der Waals surface area contributed by atoms with Crippen LogP contribution in [0.3, 0.4) is 0 Å². The highest BCUT2D eigenvalue weighted by Gasteiger charge is 2.07. The van der Waals surface area contributed by atoms with E-state index in [4.69, 9.17) is 21.7 Å². The van der Waals surface area contributed by atoms with Gasteiger partial charge in [0.25, 0.3) is 0 Å². The molecule has 6 nitrogen and oxygen atoms in total. The molecule has 7 heteroatoms. The minimum atomic E-state index is 0.537. The van der Waals surface area contributed by atoms with Gasteiger partial charge in [-0.25, -0.2) is 0 Å². The van der Waals surface area contributed by atoms with E-state index in [1.54, 1.807) is 18.9 Å². The molecule has 1 aromatic heterocycles. The van der Waals surface area contributed by atoms with Crippen LogP contribution in [0.2, 0.25) is 0 Å². The second-order valence-electron chi connectivity index (χ2n) is 4.79. The lowest BCUT2D eigenvalue weighted by atomic mass is 10.2. The normalized spacial score (nSPS) is 10.2. The maximum atomic E-state index is 5.30. The summed E-state index contributed by atoms with van der Waals surface area (Å²) < 4.78 is 12.3. The van der Waals surface area contributed by atoms with Gasteiger partial charge in [0.05, 0.1) is 19.9 Å². The van der Waals surface area contributed by atoms with Crippen molar-refractivity contribution in [3.8, 4) is 11.5 Å². The standard InChI is InChI=1S/C15H20N4O2S/c1-10-11(9-19(2)18-10)8-16-15(22)17-12-5-6-13(20-3)14(7-12)21-4/h5-7,9H,8H2,1-4H3,(H2,16,17,22). The third kappa shape index (κ3) is 3.88. The zero-order chi connectivity index (χ0) is 16.1. The highest BCUT2D eigenvalue weighted by atomic mass is 32.1. The highest BCUT2D eigenvalue weighted by molar-refractivity contribution is 7.80. The molecule has 22 heavy (non-hydrogen) atoms. The minimum Gasteiger partial charge on any atom is -0.493 e. The molecule has 0 amide bonds. The number of methoxy groups -OCH3 is 2. The Labute approximate surface area is 135 Å². The summed E-state index contributed by atoms with van der Waals surface area (Å²) in [5, 5.41) is 11.1. The lowest BCUT2D eigenvalue weighted by Gasteiger charge is -2.13. The summed E-state index contributed by atoms with van der Waals surface area (Å²) in [5.74, 6) is 1.33. The molecule has 0 aliphatic heterocycles. The molecule has 2 rings (SSSR count). The van der Waals surface area contributed by atoms with Crippen LogP contribution in [-0.4, -0.2) is 29.1 Å². The Morgan fingerprint density at radius 2 is 2.00 bits per heavy atom. The third-order valence-electron chi connectivity index (χ3n) is 3.20. The van der Waals surface area contributed by atoms with Crippen molar-refractivity contribution in [2.24, 2.45) is 7.05 Å². The predicted octanol–water partition coefficient (Wildman–Crippen LogP) is 2.23. The number of ether oxygens (including phenoxy) is 2. The zero-order valence-corrected chi connectivity index (χ0v) is 14.0. The van der Waals surface area contributed by atoms with Crippen LogP contribution in [0.1, 0.15) is 11.3 Å². The van der Waals surface area contributed by atoms with Crippen molar-refractivity contribution in [1.82, 2.24) is 15.1 Å². The summed E-state index contributed by atoms with van der Waals surface area (Å²) in [7, 11) is 5.10. The van der Waals surface area contributed by atoms with Gasteiger partial charge in [0.1, 0.15) is 0 Å². The molecule has 0 aliphatic carbocycles. The second-order valence-corrected chi connectivity index (χ2v) is 5.20. The van der Waals surface area contributed by atoms with Crippen LogP contribution in [0.25, 0.3) is 0 Å². The molecule has 0 bridgehead atoms. The largest absolute Gasteiger partial charge is 0.493 e. The third-order valence-corrected chi connectivity index (χ3v) is 3.44. The number of aryl methyl sites for hydroxylation is 2. The lowest BCUT2D eigenvalue weighted by molar-refractivity contribution is 0.355. The molecule has 118 valence electrons.